The Bertz CT molecular complexity index is 639. The summed E-state index contributed by atoms with van der Waals surface area (Å²) in [6.45, 7) is 6.13. The fraction of sp³-hybridized carbons (Fsp3) is 0.316. The molecule has 2 aromatic rings. The van der Waals surface area contributed by atoms with Crippen molar-refractivity contribution in [1.82, 2.24) is 0 Å². The molecule has 2 aromatic carbocycles. The first-order valence-corrected chi connectivity index (χ1v) is 7.95. The van der Waals surface area contributed by atoms with Crippen LogP contribution in [0.4, 0.5) is 5.69 Å². The van der Waals surface area contributed by atoms with Gasteiger partial charge in [0.25, 0.3) is 0 Å². The standard InChI is InChI=1S/C19H22ClNO/c1-13-11-14(2)19(15(3)12-13)21-18(22)6-4-5-16-7-9-17(20)10-8-16/h7-12H,4-6H2,1-3H3,(H,21,22). The third-order valence-corrected chi connectivity index (χ3v) is 3.98. The maximum atomic E-state index is 12.1. The molecule has 0 aliphatic rings. The average Bonchev–Trinajstić information content (AvgIpc) is 2.45. The smallest absolute Gasteiger partial charge is 0.224 e. The summed E-state index contributed by atoms with van der Waals surface area (Å²) in [4.78, 5) is 12.1. The molecular formula is C19H22ClNO. The van der Waals surface area contributed by atoms with Gasteiger partial charge in [-0.15, -0.1) is 0 Å². The normalized spacial score (nSPS) is 10.5. The maximum absolute atomic E-state index is 12.1. The lowest BCUT2D eigenvalue weighted by molar-refractivity contribution is -0.116. The van der Waals surface area contributed by atoms with Crippen molar-refractivity contribution in [2.75, 3.05) is 5.32 Å². The first kappa shape index (κ1) is 16.6. The highest BCUT2D eigenvalue weighted by atomic mass is 35.5. The lowest BCUT2D eigenvalue weighted by Gasteiger charge is -2.12. The maximum Gasteiger partial charge on any atom is 0.224 e. The number of halogens is 1. The number of nitrogens with one attached hydrogen (secondary N) is 1. The minimum atomic E-state index is 0.0732. The van der Waals surface area contributed by atoms with Crippen molar-refractivity contribution in [2.24, 2.45) is 0 Å². The zero-order valence-corrected chi connectivity index (χ0v) is 14.1. The van der Waals surface area contributed by atoms with Crippen LogP contribution < -0.4 is 5.32 Å². The third-order valence-electron chi connectivity index (χ3n) is 3.72. The number of carbonyl (C=O) groups excluding carboxylic acids is 1. The predicted molar refractivity (Wildman–Crippen MR) is 93.7 cm³/mol. The molecule has 0 radical (unpaired) electrons. The number of hydrogen-bond acceptors (Lipinski definition) is 1. The number of amides is 1. The summed E-state index contributed by atoms with van der Waals surface area (Å²) < 4.78 is 0. The van der Waals surface area contributed by atoms with Gasteiger partial charge in [0.15, 0.2) is 0 Å². The van der Waals surface area contributed by atoms with Gasteiger partial charge in [-0.25, -0.2) is 0 Å². The molecular weight excluding hydrogens is 294 g/mol. The van der Waals surface area contributed by atoms with Crippen LogP contribution in [0.2, 0.25) is 5.02 Å². The largest absolute Gasteiger partial charge is 0.326 e. The minimum Gasteiger partial charge on any atom is -0.326 e. The van der Waals surface area contributed by atoms with Gasteiger partial charge in [-0.1, -0.05) is 41.4 Å². The molecule has 3 heteroatoms. The van der Waals surface area contributed by atoms with Crippen LogP contribution in [0.15, 0.2) is 36.4 Å². The quantitative estimate of drug-likeness (QED) is 0.804. The molecule has 2 nitrogen and oxygen atoms in total. The summed E-state index contributed by atoms with van der Waals surface area (Å²) in [5, 5.41) is 3.78. The van der Waals surface area contributed by atoms with E-state index in [1.54, 1.807) is 0 Å². The van der Waals surface area contributed by atoms with Gasteiger partial charge >= 0.3 is 0 Å². The topological polar surface area (TPSA) is 29.1 Å². The summed E-state index contributed by atoms with van der Waals surface area (Å²) in [6.07, 6.45) is 2.24. The van der Waals surface area contributed by atoms with Crippen molar-refractivity contribution in [3.8, 4) is 0 Å². The van der Waals surface area contributed by atoms with Crippen LogP contribution >= 0.6 is 11.6 Å². The molecule has 0 unspecified atom stereocenters. The molecule has 0 atom stereocenters. The van der Waals surface area contributed by atoms with E-state index in [4.69, 9.17) is 11.6 Å². The van der Waals surface area contributed by atoms with Crippen LogP contribution in [0, 0.1) is 20.8 Å². The second kappa shape index (κ2) is 7.46. The number of rotatable bonds is 5. The lowest BCUT2D eigenvalue weighted by Crippen LogP contribution is -2.13. The number of benzene rings is 2. The summed E-state index contributed by atoms with van der Waals surface area (Å²) in [5.41, 5.74) is 5.60. The van der Waals surface area contributed by atoms with E-state index in [1.807, 2.05) is 38.1 Å². The minimum absolute atomic E-state index is 0.0732. The van der Waals surface area contributed by atoms with E-state index >= 15 is 0 Å². The van der Waals surface area contributed by atoms with Gasteiger partial charge in [0, 0.05) is 17.1 Å². The molecule has 0 aromatic heterocycles. The summed E-state index contributed by atoms with van der Waals surface area (Å²) in [6, 6.07) is 12.0. The summed E-state index contributed by atoms with van der Waals surface area (Å²) in [7, 11) is 0. The van der Waals surface area contributed by atoms with Crippen LogP contribution in [-0.2, 0) is 11.2 Å². The Morgan fingerprint density at radius 2 is 1.64 bits per heavy atom. The Morgan fingerprint density at radius 3 is 2.23 bits per heavy atom. The molecule has 0 bridgehead atoms. The van der Waals surface area contributed by atoms with E-state index in [0.717, 1.165) is 34.7 Å². The molecule has 1 N–H and O–H groups in total. The fourth-order valence-corrected chi connectivity index (χ4v) is 2.81. The zero-order valence-electron chi connectivity index (χ0n) is 13.4. The second-order valence-corrected chi connectivity index (χ2v) is 6.24. The highest BCUT2D eigenvalue weighted by molar-refractivity contribution is 6.30. The van der Waals surface area contributed by atoms with Gasteiger partial charge < -0.3 is 5.32 Å². The number of aryl methyl sites for hydroxylation is 4. The van der Waals surface area contributed by atoms with Crippen LogP contribution in [0.1, 0.15) is 35.1 Å². The molecule has 0 heterocycles. The average molecular weight is 316 g/mol. The van der Waals surface area contributed by atoms with Crippen molar-refractivity contribution in [2.45, 2.75) is 40.0 Å². The van der Waals surface area contributed by atoms with E-state index < -0.39 is 0 Å². The highest BCUT2D eigenvalue weighted by Gasteiger charge is 2.08. The van der Waals surface area contributed by atoms with Crippen molar-refractivity contribution in [3.05, 3.63) is 63.7 Å². The van der Waals surface area contributed by atoms with Crippen LogP contribution in [0.5, 0.6) is 0 Å². The molecule has 0 aliphatic heterocycles. The fourth-order valence-electron chi connectivity index (χ4n) is 2.68. The number of hydrogen-bond donors (Lipinski definition) is 1. The van der Waals surface area contributed by atoms with Crippen molar-refractivity contribution in [1.29, 1.82) is 0 Å². The van der Waals surface area contributed by atoms with Crippen molar-refractivity contribution < 1.29 is 4.79 Å². The Kier molecular flexibility index (Phi) is 5.62. The Balaban J connectivity index is 1.87. The Morgan fingerprint density at radius 1 is 1.05 bits per heavy atom. The van der Waals surface area contributed by atoms with E-state index in [0.29, 0.717) is 6.42 Å². The molecule has 0 saturated carbocycles. The lowest BCUT2D eigenvalue weighted by atomic mass is 10.0. The Labute approximate surface area is 137 Å². The van der Waals surface area contributed by atoms with Crippen LogP contribution in [-0.4, -0.2) is 5.91 Å². The molecule has 1 amide bonds. The monoisotopic (exact) mass is 315 g/mol. The van der Waals surface area contributed by atoms with Gasteiger partial charge in [0.1, 0.15) is 0 Å². The number of carbonyl (C=O) groups is 1. The van der Waals surface area contributed by atoms with Gasteiger partial charge in [0.05, 0.1) is 0 Å². The Hall–Kier alpha value is -1.80. The van der Waals surface area contributed by atoms with E-state index in [-0.39, 0.29) is 5.91 Å². The molecule has 116 valence electrons. The third kappa shape index (κ3) is 4.60. The predicted octanol–water partition coefficient (Wildman–Crippen LogP) is 5.23. The number of anilines is 1. The van der Waals surface area contributed by atoms with Gasteiger partial charge in [0.2, 0.25) is 5.91 Å². The molecule has 2 rings (SSSR count). The highest BCUT2D eigenvalue weighted by Crippen LogP contribution is 2.22. The van der Waals surface area contributed by atoms with Crippen molar-refractivity contribution in [3.63, 3.8) is 0 Å². The van der Waals surface area contributed by atoms with Crippen LogP contribution in [0.25, 0.3) is 0 Å². The summed E-state index contributed by atoms with van der Waals surface area (Å²) >= 11 is 5.86. The van der Waals surface area contributed by atoms with Crippen molar-refractivity contribution >= 4 is 23.2 Å². The van der Waals surface area contributed by atoms with E-state index in [9.17, 15) is 4.79 Å². The SMILES string of the molecule is Cc1cc(C)c(NC(=O)CCCc2ccc(Cl)cc2)c(C)c1. The molecule has 0 saturated heterocycles. The molecule has 0 fully saturated rings. The summed E-state index contributed by atoms with van der Waals surface area (Å²) in [5.74, 6) is 0.0732. The zero-order chi connectivity index (χ0) is 16.1. The van der Waals surface area contributed by atoms with Gasteiger partial charge in [-0.05, 0) is 62.4 Å². The van der Waals surface area contributed by atoms with Gasteiger partial charge in [-0.2, -0.15) is 0 Å². The molecule has 0 spiro atoms. The molecule has 0 aliphatic carbocycles. The van der Waals surface area contributed by atoms with Gasteiger partial charge in [-0.3, -0.25) is 4.79 Å². The first-order valence-electron chi connectivity index (χ1n) is 7.58. The first-order chi connectivity index (χ1) is 10.5. The van der Waals surface area contributed by atoms with Crippen LogP contribution in [0.3, 0.4) is 0 Å². The molecule has 22 heavy (non-hydrogen) atoms. The van der Waals surface area contributed by atoms with E-state index in [2.05, 4.69) is 24.4 Å². The van der Waals surface area contributed by atoms with E-state index in [1.165, 1.54) is 11.1 Å². The second-order valence-electron chi connectivity index (χ2n) is 5.80.